The number of carbonyl (C=O) groups excluding carboxylic acids is 1. The summed E-state index contributed by atoms with van der Waals surface area (Å²) in [5.41, 5.74) is 0.847. The molecular formula is C32H51N3O5. The Morgan fingerprint density at radius 2 is 1.60 bits per heavy atom. The van der Waals surface area contributed by atoms with Gasteiger partial charge in [-0.2, -0.15) is 0 Å². The molecule has 1 aromatic rings. The van der Waals surface area contributed by atoms with Crippen molar-refractivity contribution in [3.8, 4) is 0 Å². The first-order valence-electron chi connectivity index (χ1n) is 14.7. The first-order valence-corrected chi connectivity index (χ1v) is 14.7. The smallest absolute Gasteiger partial charge is 0.335 e. The minimum atomic E-state index is -0.954. The Morgan fingerprint density at radius 1 is 1.05 bits per heavy atom. The molecule has 1 atom stereocenters. The second-order valence-corrected chi connectivity index (χ2v) is 13.7. The van der Waals surface area contributed by atoms with Crippen LogP contribution in [0, 0.1) is 16.7 Å². The second-order valence-electron chi connectivity index (χ2n) is 13.7. The highest BCUT2D eigenvalue weighted by molar-refractivity contribution is 6.39. The Labute approximate surface area is 241 Å². The first-order chi connectivity index (χ1) is 18.7. The van der Waals surface area contributed by atoms with Gasteiger partial charge in [-0.1, -0.05) is 53.7 Å². The van der Waals surface area contributed by atoms with Crippen LogP contribution in [-0.4, -0.2) is 78.8 Å². The van der Waals surface area contributed by atoms with Gasteiger partial charge in [0.05, 0.1) is 24.8 Å². The lowest BCUT2D eigenvalue weighted by atomic mass is 9.69. The van der Waals surface area contributed by atoms with Crippen LogP contribution in [0.1, 0.15) is 102 Å². The van der Waals surface area contributed by atoms with Gasteiger partial charge in [-0.05, 0) is 73.0 Å². The fourth-order valence-electron chi connectivity index (χ4n) is 6.12. The van der Waals surface area contributed by atoms with Crippen LogP contribution in [0.15, 0.2) is 29.3 Å². The second kappa shape index (κ2) is 13.0. The number of hydrogen-bond donors (Lipinski definition) is 1. The maximum Gasteiger partial charge on any atom is 0.335 e. The average Bonchev–Trinajstić information content (AvgIpc) is 3.15. The minimum Gasteiger partial charge on any atom is -0.478 e. The quantitative estimate of drug-likeness (QED) is 0.358. The number of carbonyl (C=O) groups is 2. The highest BCUT2D eigenvalue weighted by Gasteiger charge is 2.53. The van der Waals surface area contributed by atoms with Crippen LogP contribution in [0.2, 0.25) is 0 Å². The molecule has 1 fully saturated rings. The Kier molecular flexibility index (Phi) is 10.4. The lowest BCUT2D eigenvalue weighted by Gasteiger charge is -2.47. The van der Waals surface area contributed by atoms with E-state index < -0.39 is 11.6 Å². The largest absolute Gasteiger partial charge is 0.478 e. The summed E-state index contributed by atoms with van der Waals surface area (Å²) in [6.07, 6.45) is 5.31. The van der Waals surface area contributed by atoms with Crippen molar-refractivity contribution in [2.45, 2.75) is 91.8 Å². The zero-order valence-corrected chi connectivity index (χ0v) is 26.0. The van der Waals surface area contributed by atoms with Gasteiger partial charge < -0.3 is 24.4 Å². The molecule has 1 aromatic carbocycles. The van der Waals surface area contributed by atoms with E-state index in [1.807, 2.05) is 17.0 Å². The van der Waals surface area contributed by atoms with Crippen molar-refractivity contribution in [2.75, 3.05) is 40.5 Å². The number of aromatic carboxylic acids is 1. The van der Waals surface area contributed by atoms with Gasteiger partial charge in [-0.25, -0.2) is 9.79 Å². The molecule has 1 amide bonds. The number of hydrogen-bond acceptors (Lipinski definition) is 6. The standard InChI is InChI=1S/C32H51N3O5/c1-30(2,3)16-15-26(23-9-11-24(12-10-23)29(37)38)35-28(36)27(34(19-21-39-7)20-22-40-8)33-32(35)17-13-25(14-18-32)31(4,5)6/h9-12,25-26H,13-22H2,1-8H3,(H,37,38)/t25?,26-,32?/m1/s1. The third-order valence-electron chi connectivity index (χ3n) is 8.64. The molecule has 1 aliphatic carbocycles. The average molecular weight is 558 g/mol. The van der Waals surface area contributed by atoms with Crippen LogP contribution in [0.5, 0.6) is 0 Å². The van der Waals surface area contributed by atoms with Gasteiger partial charge in [0.1, 0.15) is 5.66 Å². The van der Waals surface area contributed by atoms with E-state index >= 15 is 0 Å². The van der Waals surface area contributed by atoms with E-state index in [9.17, 15) is 14.7 Å². The van der Waals surface area contributed by atoms with Gasteiger partial charge in [0.25, 0.3) is 5.91 Å². The van der Waals surface area contributed by atoms with Crippen LogP contribution in [0.4, 0.5) is 0 Å². The number of nitrogens with zero attached hydrogens (tertiary/aromatic N) is 3. The van der Waals surface area contributed by atoms with Gasteiger partial charge in [-0.3, -0.25) is 4.79 Å². The molecule has 1 spiro atoms. The van der Waals surface area contributed by atoms with Crippen LogP contribution >= 0.6 is 0 Å². The number of benzene rings is 1. The normalized spacial score (nSPS) is 22.5. The van der Waals surface area contributed by atoms with Crippen LogP contribution in [-0.2, 0) is 14.3 Å². The maximum absolute atomic E-state index is 14.5. The van der Waals surface area contributed by atoms with Crippen LogP contribution in [0.25, 0.3) is 0 Å². The molecule has 1 N–H and O–H groups in total. The van der Waals surface area contributed by atoms with Crippen molar-refractivity contribution in [3.63, 3.8) is 0 Å². The molecule has 2 aliphatic rings. The number of methoxy groups -OCH3 is 2. The topological polar surface area (TPSA) is 91.7 Å². The highest BCUT2D eigenvalue weighted by atomic mass is 16.5. The number of carboxylic acids is 1. The molecule has 224 valence electrons. The molecule has 0 unspecified atom stereocenters. The fraction of sp³-hybridized carbons (Fsp3) is 0.719. The Balaban J connectivity index is 2.09. The molecule has 8 nitrogen and oxygen atoms in total. The summed E-state index contributed by atoms with van der Waals surface area (Å²) in [5, 5.41) is 9.50. The fourth-order valence-corrected chi connectivity index (χ4v) is 6.12. The Hall–Kier alpha value is -2.45. The summed E-state index contributed by atoms with van der Waals surface area (Å²) in [6.45, 7) is 15.6. The number of carboxylic acid groups (broad SMARTS) is 1. The molecule has 1 saturated carbocycles. The van der Waals surface area contributed by atoms with E-state index in [0.717, 1.165) is 44.1 Å². The van der Waals surface area contributed by atoms with Crippen molar-refractivity contribution < 1.29 is 24.2 Å². The molecule has 8 heteroatoms. The zero-order valence-electron chi connectivity index (χ0n) is 26.0. The highest BCUT2D eigenvalue weighted by Crippen LogP contribution is 2.50. The van der Waals surface area contributed by atoms with E-state index in [-0.39, 0.29) is 28.3 Å². The van der Waals surface area contributed by atoms with Gasteiger partial charge in [-0.15, -0.1) is 0 Å². The SMILES string of the molecule is COCCN(CCOC)C1=NC2(CCC(C(C)(C)C)CC2)N([C@H](CCC(C)(C)C)c2ccc(C(=O)O)cc2)C1=O. The van der Waals surface area contributed by atoms with E-state index in [1.54, 1.807) is 26.4 Å². The van der Waals surface area contributed by atoms with Crippen molar-refractivity contribution in [3.05, 3.63) is 35.4 Å². The number of aliphatic imine (C=N–C) groups is 1. The molecule has 1 aliphatic heterocycles. The molecule has 40 heavy (non-hydrogen) atoms. The molecule has 0 bridgehead atoms. The summed E-state index contributed by atoms with van der Waals surface area (Å²) >= 11 is 0. The predicted molar refractivity (Wildman–Crippen MR) is 159 cm³/mol. The maximum atomic E-state index is 14.5. The molecule has 0 aromatic heterocycles. The van der Waals surface area contributed by atoms with E-state index in [0.29, 0.717) is 38.1 Å². The Morgan fingerprint density at radius 3 is 2.05 bits per heavy atom. The monoisotopic (exact) mass is 557 g/mol. The van der Waals surface area contributed by atoms with E-state index in [4.69, 9.17) is 14.5 Å². The van der Waals surface area contributed by atoms with E-state index in [1.165, 1.54) is 0 Å². The number of rotatable bonds is 11. The molecule has 0 radical (unpaired) electrons. The summed E-state index contributed by atoms with van der Waals surface area (Å²) in [6, 6.07) is 6.84. The summed E-state index contributed by atoms with van der Waals surface area (Å²) in [7, 11) is 3.33. The van der Waals surface area contributed by atoms with Crippen molar-refractivity contribution in [1.82, 2.24) is 9.80 Å². The van der Waals surface area contributed by atoms with Gasteiger partial charge in [0.15, 0.2) is 5.84 Å². The van der Waals surface area contributed by atoms with Gasteiger partial charge in [0, 0.05) is 27.3 Å². The van der Waals surface area contributed by atoms with Crippen LogP contribution in [0.3, 0.4) is 0 Å². The van der Waals surface area contributed by atoms with Crippen molar-refractivity contribution in [1.29, 1.82) is 0 Å². The molecule has 1 heterocycles. The lowest BCUT2D eigenvalue weighted by Crippen LogP contribution is -2.52. The molecular weight excluding hydrogens is 506 g/mol. The summed E-state index contributed by atoms with van der Waals surface area (Å²) in [4.78, 5) is 35.5. The predicted octanol–water partition coefficient (Wildman–Crippen LogP) is 6.02. The number of amidine groups is 1. The molecule has 3 rings (SSSR count). The third kappa shape index (κ3) is 7.64. The summed E-state index contributed by atoms with van der Waals surface area (Å²) < 4.78 is 10.8. The third-order valence-corrected chi connectivity index (χ3v) is 8.64. The summed E-state index contributed by atoms with van der Waals surface area (Å²) in [5.74, 6) is 0.0497. The van der Waals surface area contributed by atoms with Gasteiger partial charge in [0.2, 0.25) is 0 Å². The number of amides is 1. The van der Waals surface area contributed by atoms with E-state index in [2.05, 4.69) is 46.4 Å². The van der Waals surface area contributed by atoms with Gasteiger partial charge >= 0.3 is 5.97 Å². The zero-order chi connectivity index (χ0) is 29.7. The van der Waals surface area contributed by atoms with Crippen LogP contribution < -0.4 is 0 Å². The van der Waals surface area contributed by atoms with Crippen molar-refractivity contribution >= 4 is 17.7 Å². The van der Waals surface area contributed by atoms with Crippen molar-refractivity contribution in [2.24, 2.45) is 21.7 Å². The number of ether oxygens (including phenoxy) is 2. The molecule has 0 saturated heterocycles. The first kappa shape index (κ1) is 32.1. The lowest BCUT2D eigenvalue weighted by molar-refractivity contribution is -0.134. The minimum absolute atomic E-state index is 0.0531. The Bertz CT molecular complexity index is 1020.